The third-order valence-electron chi connectivity index (χ3n) is 3.19. The van der Waals surface area contributed by atoms with Gasteiger partial charge in [-0.25, -0.2) is 19.3 Å². The van der Waals surface area contributed by atoms with Crippen LogP contribution in [0.2, 0.25) is 0 Å². The van der Waals surface area contributed by atoms with Gasteiger partial charge in [-0.05, 0) is 26.0 Å². The lowest BCUT2D eigenvalue weighted by atomic mass is 10.2. The van der Waals surface area contributed by atoms with Crippen LogP contribution in [0, 0.1) is 12.7 Å². The van der Waals surface area contributed by atoms with Gasteiger partial charge in [-0.3, -0.25) is 0 Å². The van der Waals surface area contributed by atoms with E-state index in [9.17, 15) is 4.39 Å². The highest BCUT2D eigenvalue weighted by Crippen LogP contribution is 2.22. The van der Waals surface area contributed by atoms with Crippen molar-refractivity contribution >= 4 is 16.7 Å². The molecule has 1 N–H and O–H groups in total. The van der Waals surface area contributed by atoms with Gasteiger partial charge >= 0.3 is 0 Å². The van der Waals surface area contributed by atoms with E-state index in [0.29, 0.717) is 23.8 Å². The molecule has 3 aromatic rings. The number of para-hydroxylation sites is 1. The molecule has 0 saturated carbocycles. The molecule has 3 rings (SSSR count). The summed E-state index contributed by atoms with van der Waals surface area (Å²) in [6, 6.07) is 11.6. The standard InChI is InChI=1S/C16H15FN4/c1-3-18-16-14(17)10(2)19-15(21-16)13-9-8-11-6-4-5-7-12(11)20-13/h4-9H,3H2,1-2H3,(H,18,19,21). The minimum absolute atomic E-state index is 0.218. The Morgan fingerprint density at radius 2 is 1.86 bits per heavy atom. The zero-order valence-electron chi connectivity index (χ0n) is 11.9. The summed E-state index contributed by atoms with van der Waals surface area (Å²) < 4.78 is 13.9. The predicted octanol–water partition coefficient (Wildman–Crippen LogP) is 3.57. The molecule has 0 aliphatic rings. The molecule has 0 bridgehead atoms. The van der Waals surface area contributed by atoms with E-state index in [1.807, 2.05) is 43.3 Å². The Kier molecular flexibility index (Phi) is 3.48. The number of nitrogens with one attached hydrogen (secondary N) is 1. The second kappa shape index (κ2) is 5.44. The fraction of sp³-hybridized carbons (Fsp3) is 0.188. The van der Waals surface area contributed by atoms with Crippen LogP contribution < -0.4 is 5.32 Å². The van der Waals surface area contributed by atoms with Crippen molar-refractivity contribution in [1.82, 2.24) is 15.0 Å². The fourth-order valence-electron chi connectivity index (χ4n) is 2.15. The highest BCUT2D eigenvalue weighted by Gasteiger charge is 2.13. The summed E-state index contributed by atoms with van der Waals surface area (Å²) in [4.78, 5) is 13.0. The van der Waals surface area contributed by atoms with Crippen molar-refractivity contribution < 1.29 is 4.39 Å². The quantitative estimate of drug-likeness (QED) is 0.798. The molecule has 4 nitrogen and oxygen atoms in total. The van der Waals surface area contributed by atoms with Crippen LogP contribution in [-0.2, 0) is 0 Å². The molecular formula is C16H15FN4. The van der Waals surface area contributed by atoms with Crippen LogP contribution in [-0.4, -0.2) is 21.5 Å². The second-order valence-corrected chi connectivity index (χ2v) is 4.71. The van der Waals surface area contributed by atoms with Gasteiger partial charge in [0.05, 0.1) is 11.2 Å². The summed E-state index contributed by atoms with van der Waals surface area (Å²) in [7, 11) is 0. The lowest BCUT2D eigenvalue weighted by Gasteiger charge is -2.09. The molecule has 0 spiro atoms. The van der Waals surface area contributed by atoms with Crippen LogP contribution in [0.15, 0.2) is 36.4 Å². The Labute approximate surface area is 122 Å². The summed E-state index contributed by atoms with van der Waals surface area (Å²) in [5.41, 5.74) is 1.81. The molecule has 0 radical (unpaired) electrons. The number of rotatable bonds is 3. The molecule has 0 saturated heterocycles. The summed E-state index contributed by atoms with van der Waals surface area (Å²) in [5, 5.41) is 3.96. The Balaban J connectivity index is 2.13. The van der Waals surface area contributed by atoms with Gasteiger partial charge in [-0.1, -0.05) is 24.3 Å². The van der Waals surface area contributed by atoms with E-state index in [2.05, 4.69) is 20.3 Å². The average molecular weight is 282 g/mol. The monoisotopic (exact) mass is 282 g/mol. The van der Waals surface area contributed by atoms with Crippen LogP contribution in [0.5, 0.6) is 0 Å². The summed E-state index contributed by atoms with van der Waals surface area (Å²) in [5.74, 6) is 0.229. The van der Waals surface area contributed by atoms with Crippen LogP contribution in [0.1, 0.15) is 12.6 Å². The molecule has 1 aromatic carbocycles. The summed E-state index contributed by atoms with van der Waals surface area (Å²) in [6.45, 7) is 4.12. The summed E-state index contributed by atoms with van der Waals surface area (Å²) >= 11 is 0. The Bertz CT molecular complexity index is 801. The van der Waals surface area contributed by atoms with Crippen molar-refractivity contribution in [3.05, 3.63) is 47.9 Å². The lowest BCUT2D eigenvalue weighted by molar-refractivity contribution is 0.606. The van der Waals surface area contributed by atoms with E-state index in [4.69, 9.17) is 0 Å². The highest BCUT2D eigenvalue weighted by molar-refractivity contribution is 5.80. The lowest BCUT2D eigenvalue weighted by Crippen LogP contribution is -2.07. The molecule has 2 aromatic heterocycles. The van der Waals surface area contributed by atoms with E-state index in [1.54, 1.807) is 6.92 Å². The number of nitrogens with zero attached hydrogens (tertiary/aromatic N) is 3. The molecule has 0 fully saturated rings. The van der Waals surface area contributed by atoms with Gasteiger partial charge in [-0.2, -0.15) is 0 Å². The molecule has 0 aliphatic carbocycles. The Morgan fingerprint density at radius 3 is 2.67 bits per heavy atom. The van der Waals surface area contributed by atoms with Crippen LogP contribution in [0.3, 0.4) is 0 Å². The van der Waals surface area contributed by atoms with Crippen molar-refractivity contribution in [3.63, 3.8) is 0 Å². The zero-order chi connectivity index (χ0) is 14.8. The molecule has 5 heteroatoms. The van der Waals surface area contributed by atoms with E-state index >= 15 is 0 Å². The predicted molar refractivity (Wildman–Crippen MR) is 81.6 cm³/mol. The minimum atomic E-state index is -0.415. The first-order valence-electron chi connectivity index (χ1n) is 6.83. The van der Waals surface area contributed by atoms with E-state index in [-0.39, 0.29) is 5.82 Å². The third kappa shape index (κ3) is 2.54. The van der Waals surface area contributed by atoms with Gasteiger partial charge in [0.1, 0.15) is 5.69 Å². The zero-order valence-corrected chi connectivity index (χ0v) is 11.9. The maximum absolute atomic E-state index is 13.9. The number of benzene rings is 1. The molecular weight excluding hydrogens is 267 g/mol. The normalized spacial score (nSPS) is 10.8. The largest absolute Gasteiger partial charge is 0.368 e. The number of hydrogen-bond donors (Lipinski definition) is 1. The molecule has 21 heavy (non-hydrogen) atoms. The first-order chi connectivity index (χ1) is 10.2. The minimum Gasteiger partial charge on any atom is -0.368 e. The number of halogens is 1. The van der Waals surface area contributed by atoms with Gasteiger partial charge in [0.25, 0.3) is 0 Å². The number of anilines is 1. The van der Waals surface area contributed by atoms with Crippen LogP contribution in [0.4, 0.5) is 10.2 Å². The number of aromatic nitrogens is 3. The molecule has 0 aliphatic heterocycles. The van der Waals surface area contributed by atoms with Crippen LogP contribution in [0.25, 0.3) is 22.4 Å². The van der Waals surface area contributed by atoms with Gasteiger partial charge in [0.2, 0.25) is 0 Å². The molecule has 0 amide bonds. The molecule has 106 valence electrons. The van der Waals surface area contributed by atoms with Crippen molar-refractivity contribution in [2.45, 2.75) is 13.8 Å². The van der Waals surface area contributed by atoms with E-state index in [0.717, 1.165) is 10.9 Å². The third-order valence-corrected chi connectivity index (χ3v) is 3.19. The number of pyridine rings is 1. The van der Waals surface area contributed by atoms with Crippen LogP contribution >= 0.6 is 0 Å². The van der Waals surface area contributed by atoms with E-state index in [1.165, 1.54) is 0 Å². The van der Waals surface area contributed by atoms with Gasteiger partial charge in [-0.15, -0.1) is 0 Å². The second-order valence-electron chi connectivity index (χ2n) is 4.71. The number of hydrogen-bond acceptors (Lipinski definition) is 4. The number of fused-ring (bicyclic) bond motifs is 1. The maximum atomic E-state index is 13.9. The number of aryl methyl sites for hydroxylation is 1. The van der Waals surface area contributed by atoms with Gasteiger partial charge in [0.15, 0.2) is 17.5 Å². The molecule has 0 unspecified atom stereocenters. The fourth-order valence-corrected chi connectivity index (χ4v) is 2.15. The maximum Gasteiger partial charge on any atom is 0.186 e. The topological polar surface area (TPSA) is 50.7 Å². The Hall–Kier alpha value is -2.56. The van der Waals surface area contributed by atoms with Gasteiger partial charge < -0.3 is 5.32 Å². The van der Waals surface area contributed by atoms with E-state index < -0.39 is 5.82 Å². The van der Waals surface area contributed by atoms with Crippen molar-refractivity contribution in [2.75, 3.05) is 11.9 Å². The highest BCUT2D eigenvalue weighted by atomic mass is 19.1. The van der Waals surface area contributed by atoms with Crippen molar-refractivity contribution in [2.24, 2.45) is 0 Å². The molecule has 2 heterocycles. The van der Waals surface area contributed by atoms with Crippen molar-refractivity contribution in [3.8, 4) is 11.5 Å². The average Bonchev–Trinajstić information content (AvgIpc) is 2.51. The smallest absolute Gasteiger partial charge is 0.186 e. The van der Waals surface area contributed by atoms with Crippen molar-refractivity contribution in [1.29, 1.82) is 0 Å². The summed E-state index contributed by atoms with van der Waals surface area (Å²) in [6.07, 6.45) is 0. The SMILES string of the molecule is CCNc1nc(-c2ccc3ccccc3n2)nc(C)c1F. The Morgan fingerprint density at radius 1 is 1.05 bits per heavy atom. The van der Waals surface area contributed by atoms with Gasteiger partial charge in [0, 0.05) is 11.9 Å². The molecule has 0 atom stereocenters. The first-order valence-corrected chi connectivity index (χ1v) is 6.83. The first kappa shape index (κ1) is 13.4.